The van der Waals surface area contributed by atoms with Crippen molar-refractivity contribution in [3.05, 3.63) is 11.9 Å². The molecule has 0 aliphatic heterocycles. The Morgan fingerprint density at radius 3 is 3.00 bits per heavy atom. The summed E-state index contributed by atoms with van der Waals surface area (Å²) in [5.74, 6) is 0.610. The highest BCUT2D eigenvalue weighted by Crippen LogP contribution is 2.32. The van der Waals surface area contributed by atoms with Gasteiger partial charge in [0.15, 0.2) is 0 Å². The number of aryl methyl sites for hydroxylation is 1. The lowest BCUT2D eigenvalue weighted by atomic mass is 10.0. The molecule has 0 bridgehead atoms. The molecule has 1 aromatic heterocycles. The fourth-order valence-electron chi connectivity index (χ4n) is 1.98. The zero-order valence-electron chi connectivity index (χ0n) is 7.78. The predicted octanol–water partition coefficient (Wildman–Crippen LogP) is 1.77. The quantitative estimate of drug-likeness (QED) is 0.680. The Kier molecular flexibility index (Phi) is 2.54. The van der Waals surface area contributed by atoms with Crippen molar-refractivity contribution in [3.8, 4) is 0 Å². The zero-order chi connectivity index (χ0) is 9.26. The van der Waals surface area contributed by atoms with E-state index in [9.17, 15) is 0 Å². The summed E-state index contributed by atoms with van der Waals surface area (Å²) in [6.07, 6.45) is 6.63. The second kappa shape index (κ2) is 3.66. The van der Waals surface area contributed by atoms with Gasteiger partial charge in [-0.25, -0.2) is 0 Å². The molecular weight excluding hydrogens is 186 g/mol. The monoisotopic (exact) mass is 199 g/mol. The normalized spacial score (nSPS) is 28.2. The number of hydrogen-bond donors (Lipinski definition) is 0. The molecule has 1 heterocycles. The summed E-state index contributed by atoms with van der Waals surface area (Å²) in [6, 6.07) is 0. The van der Waals surface area contributed by atoms with Crippen LogP contribution < -0.4 is 0 Å². The van der Waals surface area contributed by atoms with E-state index in [0.29, 0.717) is 11.3 Å². The van der Waals surface area contributed by atoms with E-state index in [4.69, 9.17) is 11.6 Å². The lowest BCUT2D eigenvalue weighted by Gasteiger charge is -2.10. The molecule has 2 rings (SSSR count). The van der Waals surface area contributed by atoms with Crippen molar-refractivity contribution in [1.82, 2.24) is 15.0 Å². The smallest absolute Gasteiger partial charge is 0.0830 e. The number of halogens is 1. The third-order valence-electron chi connectivity index (χ3n) is 2.69. The second-order valence-corrected chi connectivity index (χ2v) is 4.36. The van der Waals surface area contributed by atoms with Crippen LogP contribution in [0.3, 0.4) is 0 Å². The topological polar surface area (TPSA) is 30.7 Å². The predicted molar refractivity (Wildman–Crippen MR) is 51.7 cm³/mol. The first-order chi connectivity index (χ1) is 6.25. The second-order valence-electron chi connectivity index (χ2n) is 3.79. The summed E-state index contributed by atoms with van der Waals surface area (Å²) in [7, 11) is 1.89. The summed E-state index contributed by atoms with van der Waals surface area (Å²) < 4.78 is 1.74. The van der Waals surface area contributed by atoms with Gasteiger partial charge in [0.1, 0.15) is 0 Å². The van der Waals surface area contributed by atoms with Gasteiger partial charge in [-0.1, -0.05) is 11.6 Å². The van der Waals surface area contributed by atoms with Crippen molar-refractivity contribution >= 4 is 11.6 Å². The summed E-state index contributed by atoms with van der Waals surface area (Å²) >= 11 is 6.18. The van der Waals surface area contributed by atoms with Gasteiger partial charge in [0.25, 0.3) is 0 Å². The maximum Gasteiger partial charge on any atom is 0.0830 e. The van der Waals surface area contributed by atoms with Gasteiger partial charge in [-0.15, -0.1) is 16.7 Å². The van der Waals surface area contributed by atoms with Gasteiger partial charge in [-0.3, -0.25) is 4.68 Å². The van der Waals surface area contributed by atoms with Gasteiger partial charge in [0.05, 0.1) is 5.69 Å². The fraction of sp³-hybridized carbons (Fsp3) is 0.778. The molecule has 13 heavy (non-hydrogen) atoms. The van der Waals surface area contributed by atoms with Crippen LogP contribution in [0.25, 0.3) is 0 Å². The summed E-state index contributed by atoms with van der Waals surface area (Å²) in [6.45, 7) is 0. The fourth-order valence-corrected chi connectivity index (χ4v) is 2.35. The summed E-state index contributed by atoms with van der Waals surface area (Å²) in [5.41, 5.74) is 1.07. The molecule has 3 nitrogen and oxygen atoms in total. The number of hydrogen-bond acceptors (Lipinski definition) is 2. The Hall–Kier alpha value is -0.570. The molecule has 0 radical (unpaired) electrons. The van der Waals surface area contributed by atoms with Crippen LogP contribution in [0.4, 0.5) is 0 Å². The zero-order valence-corrected chi connectivity index (χ0v) is 8.54. The third kappa shape index (κ3) is 2.02. The van der Waals surface area contributed by atoms with Crippen LogP contribution in [0.15, 0.2) is 6.20 Å². The average Bonchev–Trinajstić information content (AvgIpc) is 2.64. The largest absolute Gasteiger partial charge is 0.255 e. The molecule has 0 aromatic carbocycles. The summed E-state index contributed by atoms with van der Waals surface area (Å²) in [4.78, 5) is 0. The molecule has 4 heteroatoms. The number of alkyl halides is 1. The molecule has 0 amide bonds. The maximum atomic E-state index is 6.18. The molecule has 1 aliphatic carbocycles. The SMILES string of the molecule is Cn1cc(CC2CCCC2Cl)nn1. The minimum Gasteiger partial charge on any atom is -0.255 e. The van der Waals surface area contributed by atoms with Crippen LogP contribution in [0.2, 0.25) is 0 Å². The van der Waals surface area contributed by atoms with Crippen molar-refractivity contribution in [3.63, 3.8) is 0 Å². The maximum absolute atomic E-state index is 6.18. The highest BCUT2D eigenvalue weighted by molar-refractivity contribution is 6.20. The Bertz CT molecular complexity index is 284. The molecule has 1 saturated carbocycles. The van der Waals surface area contributed by atoms with Crippen molar-refractivity contribution < 1.29 is 0 Å². The molecule has 0 spiro atoms. The van der Waals surface area contributed by atoms with Gasteiger partial charge in [-0.05, 0) is 25.2 Å². The molecular formula is C9H14ClN3. The van der Waals surface area contributed by atoms with E-state index < -0.39 is 0 Å². The molecule has 0 saturated heterocycles. The van der Waals surface area contributed by atoms with Crippen molar-refractivity contribution in [1.29, 1.82) is 0 Å². The van der Waals surface area contributed by atoms with Gasteiger partial charge in [0.2, 0.25) is 0 Å². The van der Waals surface area contributed by atoms with E-state index in [0.717, 1.165) is 18.5 Å². The van der Waals surface area contributed by atoms with Gasteiger partial charge >= 0.3 is 0 Å². The van der Waals surface area contributed by atoms with Crippen LogP contribution in [-0.2, 0) is 13.5 Å². The van der Waals surface area contributed by atoms with Crippen molar-refractivity contribution in [2.75, 3.05) is 0 Å². The van der Waals surface area contributed by atoms with Crippen molar-refractivity contribution in [2.24, 2.45) is 13.0 Å². The molecule has 1 aliphatic rings. The Morgan fingerprint density at radius 1 is 1.62 bits per heavy atom. The lowest BCUT2D eigenvalue weighted by Crippen LogP contribution is -2.10. The van der Waals surface area contributed by atoms with E-state index in [2.05, 4.69) is 10.3 Å². The number of aromatic nitrogens is 3. The lowest BCUT2D eigenvalue weighted by molar-refractivity contribution is 0.544. The highest BCUT2D eigenvalue weighted by atomic mass is 35.5. The van der Waals surface area contributed by atoms with Gasteiger partial charge in [0, 0.05) is 18.6 Å². The van der Waals surface area contributed by atoms with E-state index in [1.807, 2.05) is 13.2 Å². The average molecular weight is 200 g/mol. The van der Waals surface area contributed by atoms with E-state index in [-0.39, 0.29) is 0 Å². The minimum absolute atomic E-state index is 0.349. The molecule has 1 aromatic rings. The van der Waals surface area contributed by atoms with Crippen molar-refractivity contribution in [2.45, 2.75) is 31.1 Å². The van der Waals surface area contributed by atoms with Crippen LogP contribution in [0.5, 0.6) is 0 Å². The molecule has 72 valence electrons. The van der Waals surface area contributed by atoms with Gasteiger partial charge in [-0.2, -0.15) is 0 Å². The van der Waals surface area contributed by atoms with Crippen LogP contribution in [-0.4, -0.2) is 20.4 Å². The van der Waals surface area contributed by atoms with E-state index >= 15 is 0 Å². The number of nitrogens with zero attached hydrogens (tertiary/aromatic N) is 3. The van der Waals surface area contributed by atoms with Gasteiger partial charge < -0.3 is 0 Å². The van der Waals surface area contributed by atoms with Crippen LogP contribution >= 0.6 is 11.6 Å². The summed E-state index contributed by atoms with van der Waals surface area (Å²) in [5, 5.41) is 8.32. The molecule has 2 atom stereocenters. The third-order valence-corrected chi connectivity index (χ3v) is 3.26. The highest BCUT2D eigenvalue weighted by Gasteiger charge is 2.25. The molecule has 2 unspecified atom stereocenters. The van der Waals surface area contributed by atoms with Crippen LogP contribution in [0, 0.1) is 5.92 Å². The van der Waals surface area contributed by atoms with E-state index in [1.54, 1.807) is 4.68 Å². The van der Waals surface area contributed by atoms with E-state index in [1.165, 1.54) is 12.8 Å². The first-order valence-corrected chi connectivity index (χ1v) is 5.18. The standard InChI is InChI=1S/C9H14ClN3/c1-13-6-8(11-12-13)5-7-3-2-4-9(7)10/h6-7,9H,2-5H2,1H3. The molecule has 1 fully saturated rings. The Morgan fingerprint density at radius 2 is 2.46 bits per heavy atom. The van der Waals surface area contributed by atoms with Crippen LogP contribution in [0.1, 0.15) is 25.0 Å². The minimum atomic E-state index is 0.349. The Labute approximate surface area is 83.1 Å². The number of rotatable bonds is 2. The first-order valence-electron chi connectivity index (χ1n) is 4.75. The molecule has 0 N–H and O–H groups in total. The first kappa shape index (κ1) is 9.00. The Balaban J connectivity index is 1.97.